The zero-order valence-electron chi connectivity index (χ0n) is 13.2. The average Bonchev–Trinajstić information content (AvgIpc) is 3.09. The number of hydrogen-bond donors (Lipinski definition) is 3. The predicted octanol–water partition coefficient (Wildman–Crippen LogP) is 3.54. The Morgan fingerprint density at radius 1 is 1.25 bits per heavy atom. The molecule has 2 amide bonds. The fraction of sp³-hybridized carbons (Fsp3) is 0.294. The van der Waals surface area contributed by atoms with Crippen LogP contribution < -0.4 is 16.4 Å². The average molecular weight is 408 g/mol. The molecule has 0 bridgehead atoms. The molecule has 1 atom stereocenters. The van der Waals surface area contributed by atoms with Gasteiger partial charge < -0.3 is 16.4 Å². The van der Waals surface area contributed by atoms with Crippen LogP contribution in [0, 0.1) is 0 Å². The maximum absolute atomic E-state index is 12.5. The van der Waals surface area contributed by atoms with Gasteiger partial charge in [-0.1, -0.05) is 15.9 Å². The number of primary amides is 1. The second-order valence-corrected chi connectivity index (χ2v) is 7.81. The van der Waals surface area contributed by atoms with E-state index in [1.165, 1.54) is 11.3 Å². The van der Waals surface area contributed by atoms with Gasteiger partial charge >= 0.3 is 0 Å². The number of benzene rings is 1. The summed E-state index contributed by atoms with van der Waals surface area (Å²) in [5, 5.41) is 6.57. The molecule has 2 aromatic rings. The lowest BCUT2D eigenvalue weighted by Crippen LogP contribution is -2.32. The Labute approximate surface area is 152 Å². The molecule has 0 aliphatic heterocycles. The van der Waals surface area contributed by atoms with Crippen molar-refractivity contribution in [2.24, 2.45) is 5.73 Å². The first-order valence-corrected chi connectivity index (χ1v) is 9.34. The fourth-order valence-electron chi connectivity index (χ4n) is 2.83. The van der Waals surface area contributed by atoms with Crippen molar-refractivity contribution in [1.82, 2.24) is 0 Å². The van der Waals surface area contributed by atoms with Crippen LogP contribution in [-0.2, 0) is 17.6 Å². The Kier molecular flexibility index (Phi) is 4.91. The molecule has 1 aromatic carbocycles. The zero-order valence-corrected chi connectivity index (χ0v) is 15.6. The van der Waals surface area contributed by atoms with Gasteiger partial charge in [0, 0.05) is 15.0 Å². The molecule has 1 heterocycles. The summed E-state index contributed by atoms with van der Waals surface area (Å²) in [5.41, 5.74) is 7.86. The van der Waals surface area contributed by atoms with E-state index < -0.39 is 11.9 Å². The Bertz CT molecular complexity index is 786. The summed E-state index contributed by atoms with van der Waals surface area (Å²) < 4.78 is 0.976. The van der Waals surface area contributed by atoms with Crippen LogP contribution in [0.15, 0.2) is 28.7 Å². The van der Waals surface area contributed by atoms with Gasteiger partial charge in [0.2, 0.25) is 5.91 Å². The molecule has 3 rings (SSSR count). The number of carbonyl (C=O) groups excluding carboxylic acids is 2. The van der Waals surface area contributed by atoms with Crippen LogP contribution in [0.4, 0.5) is 10.7 Å². The normalized spacial score (nSPS) is 14.1. The van der Waals surface area contributed by atoms with Gasteiger partial charge in [0.15, 0.2) is 0 Å². The molecule has 0 saturated heterocycles. The molecular weight excluding hydrogens is 390 g/mol. The molecule has 24 heavy (non-hydrogen) atoms. The Morgan fingerprint density at radius 2 is 1.96 bits per heavy atom. The minimum Gasteiger partial charge on any atom is -0.374 e. The number of rotatable bonds is 5. The van der Waals surface area contributed by atoms with Crippen LogP contribution in [0.5, 0.6) is 0 Å². The molecule has 1 unspecified atom stereocenters. The van der Waals surface area contributed by atoms with Gasteiger partial charge in [-0.2, -0.15) is 0 Å². The minimum absolute atomic E-state index is 0.194. The second kappa shape index (κ2) is 6.94. The highest BCUT2D eigenvalue weighted by atomic mass is 79.9. The predicted molar refractivity (Wildman–Crippen MR) is 101 cm³/mol. The van der Waals surface area contributed by atoms with Crippen LogP contribution >= 0.6 is 27.3 Å². The number of nitrogens with two attached hydrogens (primary N) is 1. The summed E-state index contributed by atoms with van der Waals surface area (Å²) in [4.78, 5) is 25.4. The van der Waals surface area contributed by atoms with E-state index in [2.05, 4.69) is 26.6 Å². The number of thiophene rings is 1. The first kappa shape index (κ1) is 17.0. The molecule has 0 radical (unpaired) electrons. The highest BCUT2D eigenvalue weighted by molar-refractivity contribution is 9.10. The zero-order chi connectivity index (χ0) is 17.3. The minimum atomic E-state index is -0.474. The Morgan fingerprint density at radius 3 is 2.62 bits per heavy atom. The number of amides is 2. The number of hydrogen-bond acceptors (Lipinski definition) is 4. The molecule has 0 spiro atoms. The highest BCUT2D eigenvalue weighted by Crippen LogP contribution is 2.38. The summed E-state index contributed by atoms with van der Waals surface area (Å²) in [6.45, 7) is 1.78. The fourth-order valence-corrected chi connectivity index (χ4v) is 4.40. The van der Waals surface area contributed by atoms with Gasteiger partial charge in [-0.05, 0) is 56.0 Å². The molecule has 1 aliphatic rings. The maximum atomic E-state index is 12.5. The van der Waals surface area contributed by atoms with Crippen molar-refractivity contribution in [3.8, 4) is 0 Å². The van der Waals surface area contributed by atoms with Crippen LogP contribution in [-0.4, -0.2) is 17.9 Å². The summed E-state index contributed by atoms with van der Waals surface area (Å²) in [6, 6.07) is 7.15. The van der Waals surface area contributed by atoms with Crippen LogP contribution in [0.2, 0.25) is 0 Å². The SMILES string of the molecule is CC(Nc1ccc(Br)cc1)C(=O)Nc1sc2c(c1C(N)=O)CCC2. The van der Waals surface area contributed by atoms with E-state index >= 15 is 0 Å². The third-order valence-electron chi connectivity index (χ3n) is 4.03. The third kappa shape index (κ3) is 3.47. The highest BCUT2D eigenvalue weighted by Gasteiger charge is 2.27. The van der Waals surface area contributed by atoms with Crippen LogP contribution in [0.3, 0.4) is 0 Å². The number of anilines is 2. The number of halogens is 1. The smallest absolute Gasteiger partial charge is 0.251 e. The quantitative estimate of drug-likeness (QED) is 0.708. The Hall–Kier alpha value is -1.86. The lowest BCUT2D eigenvalue weighted by atomic mass is 10.1. The van der Waals surface area contributed by atoms with Crippen molar-refractivity contribution in [2.45, 2.75) is 32.2 Å². The molecule has 1 aromatic heterocycles. The van der Waals surface area contributed by atoms with E-state index in [4.69, 9.17) is 5.73 Å². The summed E-state index contributed by atoms with van der Waals surface area (Å²) in [7, 11) is 0. The lowest BCUT2D eigenvalue weighted by Gasteiger charge is -2.15. The topological polar surface area (TPSA) is 84.2 Å². The second-order valence-electron chi connectivity index (χ2n) is 5.79. The summed E-state index contributed by atoms with van der Waals surface area (Å²) >= 11 is 4.84. The standard InChI is InChI=1S/C17H18BrN3O2S/c1-9(20-11-7-5-10(18)6-8-11)16(23)21-17-14(15(19)22)12-3-2-4-13(12)24-17/h5-9,20H,2-4H2,1H3,(H2,19,22)(H,21,23). The molecule has 0 fully saturated rings. The number of carbonyl (C=O) groups is 2. The molecule has 0 saturated carbocycles. The van der Waals surface area contributed by atoms with Gasteiger partial charge in [-0.25, -0.2) is 0 Å². The monoisotopic (exact) mass is 407 g/mol. The van der Waals surface area contributed by atoms with E-state index in [1.54, 1.807) is 6.92 Å². The lowest BCUT2D eigenvalue weighted by molar-refractivity contribution is -0.116. The third-order valence-corrected chi connectivity index (χ3v) is 5.76. The first-order chi connectivity index (χ1) is 11.5. The van der Waals surface area contributed by atoms with E-state index in [0.717, 1.165) is 39.9 Å². The maximum Gasteiger partial charge on any atom is 0.251 e. The van der Waals surface area contributed by atoms with Crippen molar-refractivity contribution in [2.75, 3.05) is 10.6 Å². The van der Waals surface area contributed by atoms with Gasteiger partial charge in [0.1, 0.15) is 11.0 Å². The first-order valence-electron chi connectivity index (χ1n) is 7.73. The van der Waals surface area contributed by atoms with Crippen LogP contribution in [0.25, 0.3) is 0 Å². The van der Waals surface area contributed by atoms with Gasteiger partial charge in [0.25, 0.3) is 5.91 Å². The number of fused-ring (bicyclic) bond motifs is 1. The molecular formula is C17H18BrN3O2S. The van der Waals surface area contributed by atoms with Gasteiger partial charge in [-0.3, -0.25) is 9.59 Å². The molecule has 1 aliphatic carbocycles. The van der Waals surface area contributed by atoms with E-state index in [0.29, 0.717) is 10.6 Å². The van der Waals surface area contributed by atoms with E-state index in [-0.39, 0.29) is 5.91 Å². The van der Waals surface area contributed by atoms with Crippen molar-refractivity contribution < 1.29 is 9.59 Å². The molecule has 126 valence electrons. The Balaban J connectivity index is 1.72. The van der Waals surface area contributed by atoms with Gasteiger partial charge in [-0.15, -0.1) is 11.3 Å². The number of aryl methyl sites for hydroxylation is 1. The van der Waals surface area contributed by atoms with Crippen LogP contribution in [0.1, 0.15) is 34.1 Å². The van der Waals surface area contributed by atoms with E-state index in [9.17, 15) is 9.59 Å². The molecule has 7 heteroatoms. The van der Waals surface area contributed by atoms with Crippen molar-refractivity contribution >= 4 is 49.8 Å². The number of nitrogens with one attached hydrogen (secondary N) is 2. The summed E-state index contributed by atoms with van der Waals surface area (Å²) in [5.74, 6) is -0.668. The largest absolute Gasteiger partial charge is 0.374 e. The van der Waals surface area contributed by atoms with E-state index in [1.807, 2.05) is 24.3 Å². The molecule has 5 nitrogen and oxygen atoms in total. The summed E-state index contributed by atoms with van der Waals surface area (Å²) in [6.07, 6.45) is 2.84. The van der Waals surface area contributed by atoms with Crippen molar-refractivity contribution in [3.05, 3.63) is 44.7 Å². The van der Waals surface area contributed by atoms with Crippen molar-refractivity contribution in [3.63, 3.8) is 0 Å². The molecule has 4 N–H and O–H groups in total. The van der Waals surface area contributed by atoms with Crippen molar-refractivity contribution in [1.29, 1.82) is 0 Å². The van der Waals surface area contributed by atoms with Gasteiger partial charge in [0.05, 0.1) is 5.56 Å².